The number of hydrogen-bond acceptors (Lipinski definition) is 31. The fourth-order valence-corrected chi connectivity index (χ4v) is 12.4. The fraction of sp³-hybridized carbons (Fsp3) is 0.857. The number of aliphatic hydroxyl groups excluding tert-OH is 11. The van der Waals surface area contributed by atoms with Crippen LogP contribution in [0.25, 0.3) is 0 Å². The number of amides is 11. The molecule has 1 aliphatic heterocycles. The van der Waals surface area contributed by atoms with Gasteiger partial charge >= 0.3 is 7.60 Å². The number of ether oxygens (including phenoxy) is 7. The summed E-state index contributed by atoms with van der Waals surface area (Å²) in [6.07, 6.45) is -9.79. The first kappa shape index (κ1) is 113. The van der Waals surface area contributed by atoms with Gasteiger partial charge in [-0.25, -0.2) is 0 Å². The van der Waals surface area contributed by atoms with Gasteiger partial charge in [-0.05, 0) is 77.0 Å². The molecule has 1 fully saturated rings. The Morgan fingerprint density at radius 2 is 0.752 bits per heavy atom. The van der Waals surface area contributed by atoms with Gasteiger partial charge in [-0.15, -0.1) is 0 Å². The maximum atomic E-state index is 14.0. The van der Waals surface area contributed by atoms with Crippen LogP contribution >= 0.6 is 7.60 Å². The number of carbonyl (C=O) groups is 11. The first-order valence-corrected chi connectivity index (χ1v) is 43.6. The van der Waals surface area contributed by atoms with Crippen molar-refractivity contribution in [3.63, 3.8) is 0 Å². The van der Waals surface area contributed by atoms with Gasteiger partial charge < -0.3 is 157 Å². The van der Waals surface area contributed by atoms with E-state index in [-0.39, 0.29) is 187 Å². The van der Waals surface area contributed by atoms with Crippen molar-refractivity contribution in [3.8, 4) is 0 Å². The Morgan fingerprint density at radius 1 is 0.405 bits per heavy atom. The van der Waals surface area contributed by atoms with Gasteiger partial charge in [0.15, 0.2) is 18.9 Å². The van der Waals surface area contributed by atoms with E-state index in [2.05, 4.69) is 58.5 Å². The summed E-state index contributed by atoms with van der Waals surface area (Å²) in [6.45, 7) is 7.96. The minimum absolute atomic E-state index is 0.0278. The zero-order chi connectivity index (χ0) is 90.7. The molecule has 11 amide bonds. The van der Waals surface area contributed by atoms with Gasteiger partial charge in [-0.3, -0.25) is 57.3 Å². The minimum atomic E-state index is -3.68. The molecule has 0 spiro atoms. The van der Waals surface area contributed by atoms with Crippen LogP contribution in [-0.2, 0) is 95.0 Å². The van der Waals surface area contributed by atoms with E-state index in [4.69, 9.17) is 37.7 Å². The van der Waals surface area contributed by atoms with E-state index in [1.165, 1.54) is 20.8 Å². The highest BCUT2D eigenvalue weighted by molar-refractivity contribution is 7.53. The van der Waals surface area contributed by atoms with E-state index in [1.807, 2.05) is 0 Å². The third-order valence-electron chi connectivity index (χ3n) is 19.1. The molecule has 1 saturated heterocycles. The van der Waals surface area contributed by atoms with Crippen LogP contribution in [-0.4, -0.2) is 349 Å². The molecule has 0 aromatic heterocycles. The van der Waals surface area contributed by atoms with E-state index in [0.29, 0.717) is 90.0 Å². The molecule has 7 unspecified atom stereocenters. The number of carbonyl (C=O) groups excluding carboxylic acids is 11. The fourth-order valence-electron chi connectivity index (χ4n) is 11.7. The molecule has 44 heteroatoms. The van der Waals surface area contributed by atoms with Crippen LogP contribution in [0.2, 0.25) is 0 Å². The molecule has 0 saturated carbocycles. The standard InChI is InChI=1S/C77H144N11O32P/c1-50(2)121(111,112)119-40-14-9-8-13-30-78-60(98)25-18-26-64(102)88-77(47-113-41-27-61(99)82-34-19-31-79-57(95)22-10-15-37-116-74(109)65(85-53(5)92)71(106)68(103)51(3)44-89,48-114-42-28-62(100)83-35-20-32-80-58(96)23-11-16-38-117-75(110)66(86-54(6)93)72(107)69(104)52(4)45-90)49-115-43-29-63(101)84-36-21-33-81-59(97)24-12-17-39-118-76-67(87-55(7)94)73(108)70(105)56(46-91)120-76/h50-52,56,65-76,89-91,103-110H,8-49H2,1-7H3,(H,78,98)(H,79,95)(H,80,96)(H,81,97)(H,82,99)(H,83,100)(H,84,101)(H,85,92)(H,86,93)(H,87,94)(H,88,102)(H,111,112)/t51?,52?,56?,65?,66?,67?,68-,69-,70-,71+,72+,73+,74-,75-,76+,77?/m0/s1. The van der Waals surface area contributed by atoms with Crippen LogP contribution in [0.1, 0.15) is 190 Å². The van der Waals surface area contributed by atoms with E-state index in [9.17, 15) is 118 Å². The predicted octanol–water partition coefficient (Wildman–Crippen LogP) is -4.76. The van der Waals surface area contributed by atoms with Gasteiger partial charge in [0.2, 0.25) is 65.0 Å². The lowest BCUT2D eigenvalue weighted by Crippen LogP contribution is -2.64. The molecule has 704 valence electrons. The lowest BCUT2D eigenvalue weighted by Gasteiger charge is -2.42. The lowest BCUT2D eigenvalue weighted by atomic mass is 9.95. The molecule has 1 aliphatic rings. The maximum Gasteiger partial charge on any atom is 0.330 e. The highest BCUT2D eigenvalue weighted by atomic mass is 31.2. The first-order valence-electron chi connectivity index (χ1n) is 41.9. The molecule has 16 atom stereocenters. The third kappa shape index (κ3) is 52.2. The number of unbranched alkanes of at least 4 members (excludes halogenated alkanes) is 6. The highest BCUT2D eigenvalue weighted by Crippen LogP contribution is 2.47. The average molecular weight is 1770 g/mol. The second kappa shape index (κ2) is 66.1. The summed E-state index contributed by atoms with van der Waals surface area (Å²) >= 11 is 0. The van der Waals surface area contributed by atoms with Gasteiger partial charge in [-0.2, -0.15) is 0 Å². The van der Waals surface area contributed by atoms with Crippen LogP contribution in [0.5, 0.6) is 0 Å². The van der Waals surface area contributed by atoms with Crippen molar-refractivity contribution in [1.29, 1.82) is 0 Å². The second-order valence-corrected chi connectivity index (χ2v) is 32.9. The maximum absolute atomic E-state index is 14.0. The summed E-state index contributed by atoms with van der Waals surface area (Å²) in [6, 6.07) is -3.94. The molecule has 1 rings (SSSR count). The van der Waals surface area contributed by atoms with Crippen LogP contribution in [0.4, 0.5) is 0 Å². The Hall–Kier alpha value is -6.40. The van der Waals surface area contributed by atoms with Crippen LogP contribution in [0.15, 0.2) is 0 Å². The number of rotatable bonds is 73. The van der Waals surface area contributed by atoms with E-state index in [1.54, 1.807) is 13.8 Å². The summed E-state index contributed by atoms with van der Waals surface area (Å²) in [5.41, 5.74) is -2.07. The molecule has 43 nitrogen and oxygen atoms in total. The Balaban J connectivity index is 3.09. The van der Waals surface area contributed by atoms with Gasteiger partial charge in [-0.1, -0.05) is 40.5 Å². The number of nitrogens with one attached hydrogen (secondary N) is 11. The van der Waals surface area contributed by atoms with Crippen LogP contribution < -0.4 is 58.5 Å². The zero-order valence-electron chi connectivity index (χ0n) is 71.4. The van der Waals surface area contributed by atoms with Crippen molar-refractivity contribution in [1.82, 2.24) is 58.5 Å². The Kier molecular flexibility index (Phi) is 61.5. The normalized spacial score (nSPS) is 18.8. The molecular weight excluding hydrogens is 1620 g/mol. The molecule has 23 N–H and O–H groups in total. The lowest BCUT2D eigenvalue weighted by molar-refractivity contribution is -0.270. The SMILES string of the molecule is CC(=O)NC1[C@H](OCCCCC(=O)NCCCNC(=O)CCOCC(COCCC(=O)NCCCNC(=O)CCCCO[C@H](O)C(NC(C)=O)[C@@H](O)[C@@H](O)C(C)CO)(COCCC(=O)NCCCNC(=O)CCCCO[C@H](O)C(NC(C)=O)[C@@H](O)[C@@H](O)C(C)CO)NC(=O)CCCC(=O)NCCCCCCOP(=O)(O)C(C)C)OC(CO)[C@H](O)[C@@H]1O. The first-order chi connectivity index (χ1) is 57.4. The monoisotopic (exact) mass is 1770 g/mol. The van der Waals surface area contributed by atoms with Crippen molar-refractivity contribution < 1.29 is 156 Å². The second-order valence-electron chi connectivity index (χ2n) is 30.4. The highest BCUT2D eigenvalue weighted by Gasteiger charge is 2.46. The molecule has 0 aliphatic carbocycles. The summed E-state index contributed by atoms with van der Waals surface area (Å²) < 4.78 is 57.4. The topological polar surface area (TPSA) is 654 Å². The smallest absolute Gasteiger partial charge is 0.330 e. The molecule has 1 heterocycles. The molecule has 121 heavy (non-hydrogen) atoms. The number of aliphatic hydroxyl groups is 11. The summed E-state index contributed by atoms with van der Waals surface area (Å²) in [4.78, 5) is 149. The van der Waals surface area contributed by atoms with E-state index < -0.39 is 172 Å². The van der Waals surface area contributed by atoms with E-state index >= 15 is 0 Å². The summed E-state index contributed by atoms with van der Waals surface area (Å²) in [5.74, 6) is -6.32. The number of hydrogen-bond donors (Lipinski definition) is 23. The summed E-state index contributed by atoms with van der Waals surface area (Å²) in [7, 11) is -3.68. The van der Waals surface area contributed by atoms with Crippen LogP contribution in [0, 0.1) is 11.8 Å². The van der Waals surface area contributed by atoms with E-state index in [0.717, 1.165) is 13.8 Å². The molecular formula is C77H144N11O32P. The molecule has 0 bridgehead atoms. The molecule has 0 aromatic carbocycles. The van der Waals surface area contributed by atoms with Crippen molar-refractivity contribution in [2.75, 3.05) is 132 Å². The predicted molar refractivity (Wildman–Crippen MR) is 434 cm³/mol. The average Bonchev–Trinajstić information content (AvgIpc) is 0.808. The zero-order valence-corrected chi connectivity index (χ0v) is 72.3. The Labute approximate surface area is 708 Å². The largest absolute Gasteiger partial charge is 0.396 e. The quantitative estimate of drug-likeness (QED) is 0.0154. The van der Waals surface area contributed by atoms with Crippen molar-refractivity contribution in [2.24, 2.45) is 11.8 Å². The Bertz CT molecular complexity index is 2900. The third-order valence-corrected chi connectivity index (χ3v) is 21.0. The Morgan fingerprint density at radius 3 is 1.12 bits per heavy atom. The van der Waals surface area contributed by atoms with Gasteiger partial charge in [0.1, 0.15) is 54.2 Å². The van der Waals surface area contributed by atoms with Crippen molar-refractivity contribution >= 4 is 72.6 Å². The molecule has 0 radical (unpaired) electrons. The van der Waals surface area contributed by atoms with Crippen molar-refractivity contribution in [2.45, 2.75) is 281 Å². The minimum Gasteiger partial charge on any atom is -0.396 e. The summed E-state index contributed by atoms with van der Waals surface area (Å²) in [5, 5.41) is 141. The van der Waals surface area contributed by atoms with Gasteiger partial charge in [0.05, 0.1) is 70.7 Å². The molecule has 0 aromatic rings. The van der Waals surface area contributed by atoms with Crippen LogP contribution in [0.3, 0.4) is 0 Å². The van der Waals surface area contributed by atoms with Gasteiger partial charge in [0, 0.05) is 163 Å². The van der Waals surface area contributed by atoms with Gasteiger partial charge in [0.25, 0.3) is 0 Å². The van der Waals surface area contributed by atoms with Crippen molar-refractivity contribution in [3.05, 3.63) is 0 Å².